The Morgan fingerprint density at radius 2 is 1.76 bits per heavy atom. The SMILES string of the molecule is CCNc1nc(NCC(C)C(C)(C)C)cc(C(F)(F)F)n1. The number of halogens is 3. The lowest BCUT2D eigenvalue weighted by Crippen LogP contribution is -2.25. The Hall–Kier alpha value is -1.53. The van der Waals surface area contributed by atoms with Gasteiger partial charge in [0.1, 0.15) is 5.82 Å². The number of aromatic nitrogens is 2. The molecule has 0 bridgehead atoms. The molecule has 1 aromatic heterocycles. The molecule has 1 heterocycles. The van der Waals surface area contributed by atoms with E-state index < -0.39 is 11.9 Å². The lowest BCUT2D eigenvalue weighted by Gasteiger charge is -2.27. The number of nitrogens with zero attached hydrogens (tertiary/aromatic N) is 2. The molecule has 120 valence electrons. The first-order valence-corrected chi connectivity index (χ1v) is 6.98. The van der Waals surface area contributed by atoms with E-state index in [9.17, 15) is 13.2 Å². The number of nitrogens with one attached hydrogen (secondary N) is 2. The average molecular weight is 304 g/mol. The van der Waals surface area contributed by atoms with Crippen molar-refractivity contribution in [2.45, 2.75) is 40.8 Å². The van der Waals surface area contributed by atoms with E-state index in [2.05, 4.69) is 41.4 Å². The zero-order chi connectivity index (χ0) is 16.3. The maximum atomic E-state index is 12.8. The molecule has 0 spiro atoms. The Morgan fingerprint density at radius 3 is 2.24 bits per heavy atom. The van der Waals surface area contributed by atoms with Crippen molar-refractivity contribution in [3.05, 3.63) is 11.8 Å². The molecule has 0 saturated heterocycles. The number of hydrogen-bond donors (Lipinski definition) is 2. The van der Waals surface area contributed by atoms with Crippen molar-refractivity contribution in [1.82, 2.24) is 9.97 Å². The van der Waals surface area contributed by atoms with Gasteiger partial charge in [-0.05, 0) is 18.3 Å². The van der Waals surface area contributed by atoms with E-state index in [1.807, 2.05) is 6.92 Å². The molecule has 0 saturated carbocycles. The van der Waals surface area contributed by atoms with Crippen LogP contribution in [0, 0.1) is 11.3 Å². The van der Waals surface area contributed by atoms with Gasteiger partial charge < -0.3 is 10.6 Å². The van der Waals surface area contributed by atoms with E-state index in [1.165, 1.54) is 0 Å². The number of alkyl halides is 3. The molecule has 2 N–H and O–H groups in total. The van der Waals surface area contributed by atoms with Gasteiger partial charge in [-0.25, -0.2) is 4.98 Å². The van der Waals surface area contributed by atoms with Crippen molar-refractivity contribution in [3.63, 3.8) is 0 Å². The van der Waals surface area contributed by atoms with Crippen molar-refractivity contribution in [2.75, 3.05) is 23.7 Å². The van der Waals surface area contributed by atoms with E-state index >= 15 is 0 Å². The highest BCUT2D eigenvalue weighted by Gasteiger charge is 2.33. The van der Waals surface area contributed by atoms with Crippen LogP contribution in [0.15, 0.2) is 6.07 Å². The van der Waals surface area contributed by atoms with Crippen molar-refractivity contribution < 1.29 is 13.2 Å². The van der Waals surface area contributed by atoms with Crippen LogP contribution in [0.25, 0.3) is 0 Å². The summed E-state index contributed by atoms with van der Waals surface area (Å²) < 4.78 is 38.5. The van der Waals surface area contributed by atoms with Crippen LogP contribution in [0.1, 0.15) is 40.3 Å². The summed E-state index contributed by atoms with van der Waals surface area (Å²) in [4.78, 5) is 7.54. The van der Waals surface area contributed by atoms with Crippen LogP contribution in [0.3, 0.4) is 0 Å². The molecule has 0 fully saturated rings. The minimum atomic E-state index is -4.49. The molecule has 1 atom stereocenters. The van der Waals surface area contributed by atoms with Crippen LogP contribution in [0.5, 0.6) is 0 Å². The topological polar surface area (TPSA) is 49.8 Å². The average Bonchev–Trinajstić information content (AvgIpc) is 2.34. The molecule has 0 aliphatic carbocycles. The Balaban J connectivity index is 2.93. The number of hydrogen-bond acceptors (Lipinski definition) is 4. The monoisotopic (exact) mass is 304 g/mol. The van der Waals surface area contributed by atoms with Crippen LogP contribution in [0.4, 0.5) is 24.9 Å². The van der Waals surface area contributed by atoms with E-state index in [0.717, 1.165) is 6.07 Å². The van der Waals surface area contributed by atoms with Crippen LogP contribution < -0.4 is 10.6 Å². The maximum Gasteiger partial charge on any atom is 0.433 e. The van der Waals surface area contributed by atoms with Gasteiger partial charge in [-0.3, -0.25) is 0 Å². The lowest BCUT2D eigenvalue weighted by molar-refractivity contribution is -0.141. The van der Waals surface area contributed by atoms with Crippen LogP contribution in [-0.2, 0) is 6.18 Å². The van der Waals surface area contributed by atoms with Gasteiger partial charge in [-0.2, -0.15) is 18.2 Å². The van der Waals surface area contributed by atoms with Crippen LogP contribution in [-0.4, -0.2) is 23.1 Å². The smallest absolute Gasteiger partial charge is 0.370 e. The molecule has 0 radical (unpaired) electrons. The Kier molecular flexibility index (Phi) is 5.42. The summed E-state index contributed by atoms with van der Waals surface area (Å²) in [6.45, 7) is 11.1. The number of anilines is 2. The van der Waals surface area contributed by atoms with Gasteiger partial charge in [0.25, 0.3) is 0 Å². The molecular formula is C14H23F3N4. The lowest BCUT2D eigenvalue weighted by atomic mass is 9.82. The predicted molar refractivity (Wildman–Crippen MR) is 78.3 cm³/mol. The first-order valence-electron chi connectivity index (χ1n) is 6.98. The Morgan fingerprint density at radius 1 is 1.14 bits per heavy atom. The summed E-state index contributed by atoms with van der Waals surface area (Å²) in [5, 5.41) is 5.69. The van der Waals surface area contributed by atoms with Crippen molar-refractivity contribution in [3.8, 4) is 0 Å². The number of rotatable bonds is 5. The van der Waals surface area contributed by atoms with Crippen LogP contribution >= 0.6 is 0 Å². The standard InChI is InChI=1S/C14H23F3N4/c1-6-18-12-20-10(14(15,16)17)7-11(21-12)19-8-9(2)13(3,4)5/h7,9H,6,8H2,1-5H3,(H2,18,19,20,21). The Labute approximate surface area is 123 Å². The fourth-order valence-corrected chi connectivity index (χ4v) is 1.48. The molecule has 1 aromatic rings. The largest absolute Gasteiger partial charge is 0.433 e. The highest BCUT2D eigenvalue weighted by atomic mass is 19.4. The third kappa shape index (κ3) is 5.40. The van der Waals surface area contributed by atoms with Gasteiger partial charge in [-0.15, -0.1) is 0 Å². The highest BCUT2D eigenvalue weighted by Crippen LogP contribution is 2.30. The van der Waals surface area contributed by atoms with Gasteiger partial charge in [0.2, 0.25) is 5.95 Å². The zero-order valence-electron chi connectivity index (χ0n) is 13.1. The van der Waals surface area contributed by atoms with Gasteiger partial charge >= 0.3 is 6.18 Å². The van der Waals surface area contributed by atoms with Crippen molar-refractivity contribution in [2.24, 2.45) is 11.3 Å². The van der Waals surface area contributed by atoms with E-state index in [0.29, 0.717) is 13.1 Å². The van der Waals surface area contributed by atoms with Gasteiger partial charge in [0.15, 0.2) is 5.69 Å². The first-order chi connectivity index (χ1) is 9.54. The fraction of sp³-hybridized carbons (Fsp3) is 0.714. The molecule has 0 amide bonds. The summed E-state index contributed by atoms with van der Waals surface area (Å²) in [6, 6.07) is 0.941. The highest BCUT2D eigenvalue weighted by molar-refractivity contribution is 5.43. The molecule has 0 aliphatic heterocycles. The Bertz CT molecular complexity index is 466. The summed E-state index contributed by atoms with van der Waals surface area (Å²) in [7, 11) is 0. The minimum Gasteiger partial charge on any atom is -0.370 e. The molecule has 4 nitrogen and oxygen atoms in total. The predicted octanol–water partition coefficient (Wildman–Crippen LogP) is 4.02. The quantitative estimate of drug-likeness (QED) is 0.862. The minimum absolute atomic E-state index is 0.0155. The van der Waals surface area contributed by atoms with Gasteiger partial charge in [0.05, 0.1) is 0 Å². The zero-order valence-corrected chi connectivity index (χ0v) is 13.1. The molecule has 1 unspecified atom stereocenters. The third-order valence-electron chi connectivity index (χ3n) is 3.42. The second-order valence-electron chi connectivity index (χ2n) is 6.14. The summed E-state index contributed by atoms with van der Waals surface area (Å²) in [5.41, 5.74) is -0.878. The summed E-state index contributed by atoms with van der Waals surface area (Å²) in [5.74, 6) is 0.451. The summed E-state index contributed by atoms with van der Waals surface area (Å²) >= 11 is 0. The first kappa shape index (κ1) is 17.5. The van der Waals surface area contributed by atoms with Crippen LogP contribution in [0.2, 0.25) is 0 Å². The van der Waals surface area contributed by atoms with E-state index in [4.69, 9.17) is 0 Å². The maximum absolute atomic E-state index is 12.8. The van der Waals surface area contributed by atoms with Gasteiger partial charge in [0, 0.05) is 19.2 Å². The van der Waals surface area contributed by atoms with E-state index in [1.54, 1.807) is 6.92 Å². The summed E-state index contributed by atoms with van der Waals surface area (Å²) in [6.07, 6.45) is -4.49. The second-order valence-corrected chi connectivity index (χ2v) is 6.14. The molecule has 0 aliphatic rings. The third-order valence-corrected chi connectivity index (χ3v) is 3.42. The van der Waals surface area contributed by atoms with Crippen molar-refractivity contribution in [1.29, 1.82) is 0 Å². The molecule has 0 aromatic carbocycles. The van der Waals surface area contributed by atoms with E-state index in [-0.39, 0.29) is 23.1 Å². The molecule has 7 heteroatoms. The normalized spacial score (nSPS) is 13.9. The molecular weight excluding hydrogens is 281 g/mol. The second kappa shape index (κ2) is 6.49. The molecule has 1 rings (SSSR count). The van der Waals surface area contributed by atoms with Gasteiger partial charge in [-0.1, -0.05) is 27.7 Å². The molecule has 21 heavy (non-hydrogen) atoms. The fourth-order valence-electron chi connectivity index (χ4n) is 1.48. The van der Waals surface area contributed by atoms with Crippen molar-refractivity contribution >= 4 is 11.8 Å².